The highest BCUT2D eigenvalue weighted by atomic mass is 16.5. The average molecular weight is 429 g/mol. The molecule has 0 aromatic heterocycles. The molecule has 0 aliphatic carbocycles. The fourth-order valence-electron chi connectivity index (χ4n) is 3.98. The Kier molecular flexibility index (Phi) is 7.18. The van der Waals surface area contributed by atoms with Crippen LogP contribution in [0, 0.1) is 0 Å². The molecule has 0 spiro atoms. The number of benzene rings is 3. The second-order valence-electron chi connectivity index (χ2n) is 8.00. The van der Waals surface area contributed by atoms with Gasteiger partial charge >= 0.3 is 0 Å². The van der Waals surface area contributed by atoms with Gasteiger partial charge in [-0.25, -0.2) is 0 Å². The third kappa shape index (κ3) is 5.55. The van der Waals surface area contributed by atoms with Crippen LogP contribution < -0.4 is 10.1 Å². The summed E-state index contributed by atoms with van der Waals surface area (Å²) in [4.78, 5) is 27.5. The number of hydrogen-bond acceptors (Lipinski definition) is 3. The van der Waals surface area contributed by atoms with Crippen LogP contribution in [0.15, 0.2) is 84.9 Å². The molecule has 4 rings (SSSR count). The van der Waals surface area contributed by atoms with Crippen molar-refractivity contribution in [3.05, 3.63) is 102 Å². The number of amides is 2. The summed E-state index contributed by atoms with van der Waals surface area (Å²) < 4.78 is 5.90. The third-order valence-corrected chi connectivity index (χ3v) is 5.65. The average Bonchev–Trinajstić information content (AvgIpc) is 2.84. The Balaban J connectivity index is 1.42. The number of piperidine rings is 1. The van der Waals surface area contributed by atoms with Crippen molar-refractivity contribution in [2.45, 2.75) is 38.5 Å². The number of hydrogen-bond donors (Lipinski definition) is 1. The molecule has 1 atom stereocenters. The predicted molar refractivity (Wildman–Crippen MR) is 124 cm³/mol. The van der Waals surface area contributed by atoms with Gasteiger partial charge in [-0.15, -0.1) is 0 Å². The van der Waals surface area contributed by atoms with Crippen LogP contribution in [0.5, 0.6) is 5.75 Å². The number of carbonyl (C=O) groups is 2. The van der Waals surface area contributed by atoms with Crippen LogP contribution in [0.25, 0.3) is 0 Å². The van der Waals surface area contributed by atoms with Gasteiger partial charge in [0.05, 0.1) is 0 Å². The first-order valence-electron chi connectivity index (χ1n) is 11.1. The standard InChI is InChI=1S/C27H28N2O3/c30-25-16-7-8-17-29(25)26(23-13-5-2-6-14-23)27(31)28-19-22-12-9-15-24(18-22)32-20-21-10-3-1-4-11-21/h1-6,9-15,18,26H,7-8,16-17,19-20H2,(H,28,31). The quantitative estimate of drug-likeness (QED) is 0.569. The van der Waals surface area contributed by atoms with Crippen molar-refractivity contribution in [3.63, 3.8) is 0 Å². The van der Waals surface area contributed by atoms with E-state index in [-0.39, 0.29) is 11.8 Å². The van der Waals surface area contributed by atoms with Crippen molar-refractivity contribution < 1.29 is 14.3 Å². The summed E-state index contributed by atoms with van der Waals surface area (Å²) in [5.74, 6) is 0.630. The summed E-state index contributed by atoms with van der Waals surface area (Å²) in [7, 11) is 0. The smallest absolute Gasteiger partial charge is 0.247 e. The summed E-state index contributed by atoms with van der Waals surface area (Å²) in [6, 6.07) is 26.6. The van der Waals surface area contributed by atoms with E-state index in [1.54, 1.807) is 4.90 Å². The molecule has 1 saturated heterocycles. The van der Waals surface area contributed by atoms with Gasteiger partial charge in [-0.1, -0.05) is 72.8 Å². The van der Waals surface area contributed by atoms with E-state index in [9.17, 15) is 9.59 Å². The van der Waals surface area contributed by atoms with E-state index in [0.29, 0.717) is 26.1 Å². The summed E-state index contributed by atoms with van der Waals surface area (Å²) in [6.07, 6.45) is 2.30. The molecule has 3 aromatic carbocycles. The summed E-state index contributed by atoms with van der Waals surface area (Å²) in [6.45, 7) is 1.46. The van der Waals surface area contributed by atoms with Crippen LogP contribution in [0.3, 0.4) is 0 Å². The van der Waals surface area contributed by atoms with Gasteiger partial charge in [0, 0.05) is 19.5 Å². The second-order valence-corrected chi connectivity index (χ2v) is 8.00. The highest BCUT2D eigenvalue weighted by Crippen LogP contribution is 2.26. The number of carbonyl (C=O) groups excluding carboxylic acids is 2. The molecule has 32 heavy (non-hydrogen) atoms. The molecular weight excluding hydrogens is 400 g/mol. The lowest BCUT2D eigenvalue weighted by molar-refractivity contribution is -0.142. The lowest BCUT2D eigenvalue weighted by Crippen LogP contribution is -2.45. The van der Waals surface area contributed by atoms with Gasteiger partial charge in [-0.2, -0.15) is 0 Å². The maximum absolute atomic E-state index is 13.2. The zero-order valence-electron chi connectivity index (χ0n) is 18.1. The molecule has 1 unspecified atom stereocenters. The van der Waals surface area contributed by atoms with Gasteiger partial charge in [0.25, 0.3) is 0 Å². The lowest BCUT2D eigenvalue weighted by Gasteiger charge is -2.34. The monoisotopic (exact) mass is 428 g/mol. The Morgan fingerprint density at radius 1 is 0.906 bits per heavy atom. The van der Waals surface area contributed by atoms with Gasteiger partial charge in [0.15, 0.2) is 0 Å². The minimum absolute atomic E-state index is 0.0385. The van der Waals surface area contributed by atoms with Crippen molar-refractivity contribution in [1.82, 2.24) is 10.2 Å². The largest absolute Gasteiger partial charge is 0.489 e. The first-order chi connectivity index (χ1) is 15.7. The number of rotatable bonds is 8. The first-order valence-corrected chi connectivity index (χ1v) is 11.1. The Morgan fingerprint density at radius 3 is 2.38 bits per heavy atom. The first kappa shape index (κ1) is 21.6. The molecule has 0 radical (unpaired) electrons. The predicted octanol–water partition coefficient (Wildman–Crippen LogP) is 4.64. The fraction of sp³-hybridized carbons (Fsp3) is 0.259. The van der Waals surface area contributed by atoms with Gasteiger partial charge in [0.2, 0.25) is 11.8 Å². The zero-order chi connectivity index (χ0) is 22.2. The fourth-order valence-corrected chi connectivity index (χ4v) is 3.98. The highest BCUT2D eigenvalue weighted by Gasteiger charge is 2.32. The molecule has 1 heterocycles. The topological polar surface area (TPSA) is 58.6 Å². The minimum Gasteiger partial charge on any atom is -0.489 e. The van der Waals surface area contributed by atoms with Crippen molar-refractivity contribution in [2.24, 2.45) is 0 Å². The molecule has 1 aliphatic heterocycles. The van der Waals surface area contributed by atoms with Crippen molar-refractivity contribution in [1.29, 1.82) is 0 Å². The van der Waals surface area contributed by atoms with Crippen LogP contribution in [0.1, 0.15) is 42.0 Å². The van der Waals surface area contributed by atoms with Gasteiger partial charge in [-0.05, 0) is 41.7 Å². The number of nitrogens with one attached hydrogen (secondary N) is 1. The van der Waals surface area contributed by atoms with Gasteiger partial charge in [-0.3, -0.25) is 9.59 Å². The van der Waals surface area contributed by atoms with E-state index in [0.717, 1.165) is 35.3 Å². The zero-order valence-corrected chi connectivity index (χ0v) is 18.1. The van der Waals surface area contributed by atoms with Crippen LogP contribution >= 0.6 is 0 Å². The van der Waals surface area contributed by atoms with Crippen molar-refractivity contribution in [2.75, 3.05) is 6.54 Å². The van der Waals surface area contributed by atoms with E-state index in [1.165, 1.54) is 0 Å². The molecule has 1 N–H and O–H groups in total. The molecule has 2 amide bonds. The van der Waals surface area contributed by atoms with E-state index in [4.69, 9.17) is 4.74 Å². The van der Waals surface area contributed by atoms with Crippen molar-refractivity contribution in [3.8, 4) is 5.75 Å². The molecule has 5 heteroatoms. The number of nitrogens with zero attached hydrogens (tertiary/aromatic N) is 1. The number of ether oxygens (including phenoxy) is 1. The maximum atomic E-state index is 13.2. The van der Waals surface area contributed by atoms with Crippen LogP contribution in [-0.2, 0) is 22.7 Å². The Morgan fingerprint density at radius 2 is 1.62 bits per heavy atom. The minimum atomic E-state index is -0.610. The van der Waals surface area contributed by atoms with Gasteiger partial charge in [0.1, 0.15) is 18.4 Å². The summed E-state index contributed by atoms with van der Waals surface area (Å²) >= 11 is 0. The third-order valence-electron chi connectivity index (χ3n) is 5.65. The normalized spacial score (nSPS) is 14.6. The van der Waals surface area contributed by atoms with Crippen LogP contribution in [0.2, 0.25) is 0 Å². The molecule has 1 aliphatic rings. The van der Waals surface area contributed by atoms with E-state index in [2.05, 4.69) is 5.32 Å². The molecule has 1 fully saturated rings. The van der Waals surface area contributed by atoms with E-state index in [1.807, 2.05) is 84.9 Å². The van der Waals surface area contributed by atoms with Crippen LogP contribution in [-0.4, -0.2) is 23.3 Å². The molecule has 3 aromatic rings. The molecule has 0 saturated carbocycles. The number of likely N-dealkylation sites (tertiary alicyclic amines) is 1. The SMILES string of the molecule is O=C(NCc1cccc(OCc2ccccc2)c1)C(c1ccccc1)N1CCCCC1=O. The molecule has 5 nitrogen and oxygen atoms in total. The summed E-state index contributed by atoms with van der Waals surface area (Å²) in [5, 5.41) is 3.03. The van der Waals surface area contributed by atoms with Gasteiger partial charge < -0.3 is 15.0 Å². The second kappa shape index (κ2) is 10.6. The molecule has 164 valence electrons. The van der Waals surface area contributed by atoms with E-state index >= 15 is 0 Å². The lowest BCUT2D eigenvalue weighted by atomic mass is 10.0. The Hall–Kier alpha value is -3.60. The summed E-state index contributed by atoms with van der Waals surface area (Å²) in [5.41, 5.74) is 2.88. The van der Waals surface area contributed by atoms with Crippen molar-refractivity contribution >= 4 is 11.8 Å². The Bertz CT molecular complexity index is 1040. The van der Waals surface area contributed by atoms with E-state index < -0.39 is 6.04 Å². The Labute approximate surface area is 189 Å². The van der Waals surface area contributed by atoms with Crippen LogP contribution in [0.4, 0.5) is 0 Å². The molecular formula is C27H28N2O3. The highest BCUT2D eigenvalue weighted by molar-refractivity contribution is 5.89. The molecule has 0 bridgehead atoms. The maximum Gasteiger partial charge on any atom is 0.247 e.